The number of carbonyl (C=O) groups is 1. The molecular weight excluding hydrogens is 218 g/mol. The Morgan fingerprint density at radius 2 is 2.24 bits per heavy atom. The van der Waals surface area contributed by atoms with Crippen LogP contribution in [-0.4, -0.2) is 45.9 Å². The van der Waals surface area contributed by atoms with Crippen molar-refractivity contribution in [3.63, 3.8) is 0 Å². The monoisotopic (exact) mass is 233 g/mol. The number of hydrogen-bond donors (Lipinski definition) is 1. The second-order valence-electron chi connectivity index (χ2n) is 4.67. The summed E-state index contributed by atoms with van der Waals surface area (Å²) in [5, 5.41) is 0. The van der Waals surface area contributed by atoms with Gasteiger partial charge in [-0.1, -0.05) is 0 Å². The minimum Gasteiger partial charge on any atom is -0.384 e. The molecule has 0 radical (unpaired) electrons. The zero-order chi connectivity index (χ0) is 12.0. The first-order valence-electron chi connectivity index (χ1n) is 5.76. The van der Waals surface area contributed by atoms with Gasteiger partial charge in [0.15, 0.2) is 0 Å². The highest BCUT2D eigenvalue weighted by Gasteiger charge is 2.44. The van der Waals surface area contributed by atoms with Crippen molar-refractivity contribution in [3.8, 4) is 0 Å². The molecule has 2 aliphatic rings. The smallest absolute Gasteiger partial charge is 0.219 e. The zero-order valence-electron chi connectivity index (χ0n) is 9.71. The van der Waals surface area contributed by atoms with Crippen molar-refractivity contribution in [2.45, 2.75) is 25.4 Å². The Kier molecular flexibility index (Phi) is 2.17. The van der Waals surface area contributed by atoms with Gasteiger partial charge in [0, 0.05) is 26.1 Å². The van der Waals surface area contributed by atoms with Crippen LogP contribution >= 0.6 is 0 Å². The molecule has 1 amide bonds. The molecule has 17 heavy (non-hydrogen) atoms. The third-order valence-electron chi connectivity index (χ3n) is 3.61. The van der Waals surface area contributed by atoms with Crippen LogP contribution in [0, 0.1) is 0 Å². The lowest BCUT2D eigenvalue weighted by Gasteiger charge is -2.34. The fourth-order valence-electron chi connectivity index (χ4n) is 2.85. The first kappa shape index (κ1) is 10.3. The molecule has 6 heteroatoms. The maximum Gasteiger partial charge on any atom is 0.219 e. The van der Waals surface area contributed by atoms with Crippen LogP contribution in [0.1, 0.15) is 13.3 Å². The lowest BCUT2D eigenvalue weighted by atomic mass is 10.2. The summed E-state index contributed by atoms with van der Waals surface area (Å²) in [6.07, 6.45) is 2.52. The Labute approximate surface area is 99.4 Å². The van der Waals surface area contributed by atoms with Gasteiger partial charge in [-0.05, 0) is 6.42 Å². The van der Waals surface area contributed by atoms with E-state index in [0.717, 1.165) is 25.3 Å². The molecule has 1 aromatic heterocycles. The second kappa shape index (κ2) is 3.58. The van der Waals surface area contributed by atoms with Gasteiger partial charge in [-0.25, -0.2) is 9.97 Å². The normalized spacial score (nSPS) is 26.6. The van der Waals surface area contributed by atoms with Crippen LogP contribution in [0.2, 0.25) is 0 Å². The van der Waals surface area contributed by atoms with Crippen LogP contribution in [0.4, 0.5) is 11.6 Å². The molecule has 2 bridgehead atoms. The highest BCUT2D eigenvalue weighted by Crippen LogP contribution is 2.33. The molecule has 90 valence electrons. The highest BCUT2D eigenvalue weighted by atomic mass is 16.2. The van der Waals surface area contributed by atoms with Crippen molar-refractivity contribution in [2.75, 3.05) is 23.7 Å². The van der Waals surface area contributed by atoms with E-state index in [9.17, 15) is 4.79 Å². The number of nitrogens with zero attached hydrogens (tertiary/aromatic N) is 4. The predicted octanol–water partition coefficient (Wildman–Crippen LogP) is -0.132. The van der Waals surface area contributed by atoms with E-state index in [-0.39, 0.29) is 5.91 Å². The summed E-state index contributed by atoms with van der Waals surface area (Å²) in [5.41, 5.74) is 5.66. The number of rotatable bonds is 1. The standard InChI is InChI=1S/C11H15N5O/c1-7(17)15-4-9-2-8(15)5-16(9)11-3-10(12)13-6-14-11/h3,6,8-9H,2,4-5H2,1H3,(H2,12,13,14)/t8-,9-/m0/s1. The minimum atomic E-state index is 0.166. The molecule has 0 aliphatic carbocycles. The van der Waals surface area contributed by atoms with Gasteiger partial charge >= 0.3 is 0 Å². The van der Waals surface area contributed by atoms with Crippen LogP contribution in [-0.2, 0) is 4.79 Å². The number of hydrogen-bond acceptors (Lipinski definition) is 5. The van der Waals surface area contributed by atoms with Gasteiger partial charge in [-0.15, -0.1) is 0 Å². The van der Waals surface area contributed by atoms with E-state index in [1.807, 2.05) is 4.90 Å². The Bertz CT molecular complexity index is 463. The second-order valence-corrected chi connectivity index (χ2v) is 4.67. The molecule has 6 nitrogen and oxygen atoms in total. The number of carbonyl (C=O) groups excluding carboxylic acids is 1. The maximum absolute atomic E-state index is 11.4. The zero-order valence-corrected chi connectivity index (χ0v) is 9.71. The average molecular weight is 233 g/mol. The van der Waals surface area contributed by atoms with Crippen LogP contribution in [0.15, 0.2) is 12.4 Å². The van der Waals surface area contributed by atoms with Crippen molar-refractivity contribution >= 4 is 17.5 Å². The number of nitrogens with two attached hydrogens (primary N) is 1. The lowest BCUT2D eigenvalue weighted by Crippen LogP contribution is -2.48. The van der Waals surface area contributed by atoms with Crippen LogP contribution < -0.4 is 10.6 Å². The number of aromatic nitrogens is 2. The topological polar surface area (TPSA) is 75.4 Å². The van der Waals surface area contributed by atoms with Crippen molar-refractivity contribution in [1.29, 1.82) is 0 Å². The summed E-state index contributed by atoms with van der Waals surface area (Å²) < 4.78 is 0. The largest absolute Gasteiger partial charge is 0.384 e. The molecule has 0 spiro atoms. The summed E-state index contributed by atoms with van der Waals surface area (Å²) >= 11 is 0. The van der Waals surface area contributed by atoms with Crippen molar-refractivity contribution in [1.82, 2.24) is 14.9 Å². The summed E-state index contributed by atoms with van der Waals surface area (Å²) in [7, 11) is 0. The van der Waals surface area contributed by atoms with Gasteiger partial charge in [0.2, 0.25) is 5.91 Å². The molecule has 2 aliphatic heterocycles. The van der Waals surface area contributed by atoms with Crippen LogP contribution in [0.25, 0.3) is 0 Å². The van der Waals surface area contributed by atoms with E-state index < -0.39 is 0 Å². The average Bonchev–Trinajstić information content (AvgIpc) is 2.87. The third kappa shape index (κ3) is 1.60. The fraction of sp³-hybridized carbons (Fsp3) is 0.545. The Morgan fingerprint density at radius 3 is 2.82 bits per heavy atom. The van der Waals surface area contributed by atoms with E-state index in [2.05, 4.69) is 14.9 Å². The molecular formula is C11H15N5O. The van der Waals surface area contributed by atoms with Gasteiger partial charge < -0.3 is 15.5 Å². The quantitative estimate of drug-likeness (QED) is 0.731. The molecule has 1 aromatic rings. The number of likely N-dealkylation sites (tertiary alicyclic amines) is 1. The molecule has 2 atom stereocenters. The summed E-state index contributed by atoms with van der Waals surface area (Å²) in [6.45, 7) is 3.28. The summed E-state index contributed by atoms with van der Waals surface area (Å²) in [5.74, 6) is 1.52. The number of piperazine rings is 1. The Morgan fingerprint density at radius 1 is 1.41 bits per heavy atom. The Hall–Kier alpha value is -1.85. The summed E-state index contributed by atoms with van der Waals surface area (Å²) in [6, 6.07) is 2.49. The van der Waals surface area contributed by atoms with E-state index in [4.69, 9.17) is 5.73 Å². The first-order valence-corrected chi connectivity index (χ1v) is 5.76. The molecule has 2 saturated heterocycles. The third-order valence-corrected chi connectivity index (χ3v) is 3.61. The molecule has 3 heterocycles. The molecule has 2 fully saturated rings. The Balaban J connectivity index is 1.80. The molecule has 0 unspecified atom stereocenters. The number of amides is 1. The van der Waals surface area contributed by atoms with Gasteiger partial charge in [-0.3, -0.25) is 4.79 Å². The van der Waals surface area contributed by atoms with Gasteiger partial charge in [0.1, 0.15) is 18.0 Å². The molecule has 3 rings (SSSR count). The van der Waals surface area contributed by atoms with Gasteiger partial charge in [0.25, 0.3) is 0 Å². The van der Waals surface area contributed by atoms with Crippen LogP contribution in [0.3, 0.4) is 0 Å². The van der Waals surface area contributed by atoms with Crippen molar-refractivity contribution in [2.24, 2.45) is 0 Å². The highest BCUT2D eigenvalue weighted by molar-refractivity contribution is 5.75. The minimum absolute atomic E-state index is 0.166. The van der Waals surface area contributed by atoms with Gasteiger partial charge in [0.05, 0.1) is 12.1 Å². The number of nitrogen functional groups attached to an aromatic ring is 1. The molecule has 0 saturated carbocycles. The predicted molar refractivity (Wildman–Crippen MR) is 63.4 cm³/mol. The number of anilines is 2. The lowest BCUT2D eigenvalue weighted by molar-refractivity contribution is -0.129. The van der Waals surface area contributed by atoms with E-state index in [1.165, 1.54) is 6.33 Å². The van der Waals surface area contributed by atoms with Crippen LogP contribution in [0.5, 0.6) is 0 Å². The molecule has 2 N–H and O–H groups in total. The van der Waals surface area contributed by atoms with E-state index in [0.29, 0.717) is 17.9 Å². The van der Waals surface area contributed by atoms with E-state index in [1.54, 1.807) is 13.0 Å². The fourth-order valence-corrected chi connectivity index (χ4v) is 2.85. The molecule has 0 aromatic carbocycles. The van der Waals surface area contributed by atoms with Crippen molar-refractivity contribution in [3.05, 3.63) is 12.4 Å². The summed E-state index contributed by atoms with van der Waals surface area (Å²) in [4.78, 5) is 23.7. The van der Waals surface area contributed by atoms with Gasteiger partial charge in [-0.2, -0.15) is 0 Å². The van der Waals surface area contributed by atoms with E-state index >= 15 is 0 Å². The number of fused-ring (bicyclic) bond motifs is 2. The SMILES string of the molecule is CC(=O)N1C[C@@H]2C[C@H]1CN2c1cc(N)ncn1. The van der Waals surface area contributed by atoms with Crippen molar-refractivity contribution < 1.29 is 4.79 Å². The first-order chi connectivity index (χ1) is 8.15. The maximum atomic E-state index is 11.4.